The highest BCUT2D eigenvalue weighted by molar-refractivity contribution is 6.10. The number of rotatable bonds is 7. The van der Waals surface area contributed by atoms with Crippen molar-refractivity contribution in [2.45, 2.75) is 5.41 Å². The van der Waals surface area contributed by atoms with Gasteiger partial charge >= 0.3 is 0 Å². The van der Waals surface area contributed by atoms with E-state index < -0.39 is 5.41 Å². The summed E-state index contributed by atoms with van der Waals surface area (Å²) in [4.78, 5) is 2.43. The molecule has 0 spiro atoms. The lowest BCUT2D eigenvalue weighted by Gasteiger charge is -2.35. The first kappa shape index (κ1) is 36.3. The number of hydrogen-bond acceptors (Lipinski definition) is 1. The molecule has 0 radical (unpaired) electrons. The zero-order chi connectivity index (χ0) is 42.2. The van der Waals surface area contributed by atoms with Gasteiger partial charge in [0.2, 0.25) is 0 Å². The Morgan fingerprint density at radius 3 is 1.09 bits per heavy atom. The number of anilines is 3. The highest BCUT2D eigenvalue weighted by Gasteiger charge is 2.46. The molecule has 300 valence electrons. The van der Waals surface area contributed by atoms with E-state index >= 15 is 0 Å². The van der Waals surface area contributed by atoms with Crippen LogP contribution in [0, 0.1) is 0 Å². The minimum absolute atomic E-state index is 0.517. The molecule has 0 N–H and O–H groups in total. The van der Waals surface area contributed by atoms with Gasteiger partial charge in [-0.3, -0.25) is 0 Å². The quantitative estimate of drug-likeness (QED) is 0.156. The summed E-state index contributed by atoms with van der Waals surface area (Å²) in [5, 5.41) is 5.02. The second-order valence-corrected chi connectivity index (χ2v) is 16.9. The average Bonchev–Trinajstić information content (AvgIpc) is 3.99. The number of fused-ring (bicyclic) bond motifs is 9. The second-order valence-electron chi connectivity index (χ2n) is 16.9. The Bertz CT molecular complexity index is 3410. The Kier molecular flexibility index (Phi) is 8.13. The van der Waals surface area contributed by atoms with Crippen molar-refractivity contribution in [3.8, 4) is 22.5 Å². The van der Waals surface area contributed by atoms with Gasteiger partial charge in [0.05, 0.1) is 27.5 Å². The zero-order valence-corrected chi connectivity index (χ0v) is 35.0. The van der Waals surface area contributed by atoms with Crippen LogP contribution in [-0.2, 0) is 5.41 Å². The smallest absolute Gasteiger partial charge is 0.0714 e. The average molecular weight is 816 g/mol. The maximum Gasteiger partial charge on any atom is 0.0714 e. The van der Waals surface area contributed by atoms with Gasteiger partial charge in [0.25, 0.3) is 0 Å². The zero-order valence-electron chi connectivity index (χ0n) is 35.0. The van der Waals surface area contributed by atoms with Crippen LogP contribution < -0.4 is 4.90 Å². The maximum atomic E-state index is 2.46. The molecule has 1 aliphatic rings. The van der Waals surface area contributed by atoms with E-state index in [1.165, 1.54) is 77.0 Å². The van der Waals surface area contributed by atoms with Gasteiger partial charge < -0.3 is 14.0 Å². The molecule has 0 unspecified atom stereocenters. The molecule has 0 amide bonds. The fourth-order valence-corrected chi connectivity index (χ4v) is 10.9. The van der Waals surface area contributed by atoms with Crippen LogP contribution in [0.25, 0.3) is 66.1 Å². The Hall–Kier alpha value is -8.40. The molecule has 2 heterocycles. The van der Waals surface area contributed by atoms with Crippen molar-refractivity contribution in [2.24, 2.45) is 0 Å². The van der Waals surface area contributed by atoms with E-state index in [4.69, 9.17) is 0 Å². The van der Waals surface area contributed by atoms with Gasteiger partial charge in [-0.1, -0.05) is 164 Å². The van der Waals surface area contributed by atoms with Crippen molar-refractivity contribution in [1.29, 1.82) is 0 Å². The molecule has 0 bridgehead atoms. The summed E-state index contributed by atoms with van der Waals surface area (Å²) in [6.07, 6.45) is 0. The third kappa shape index (κ3) is 5.28. The van der Waals surface area contributed by atoms with Gasteiger partial charge in [-0.15, -0.1) is 0 Å². The lowest BCUT2D eigenvalue weighted by molar-refractivity contribution is 0.768. The molecule has 1 aliphatic carbocycles. The van der Waals surface area contributed by atoms with Crippen molar-refractivity contribution in [3.63, 3.8) is 0 Å². The Morgan fingerprint density at radius 2 is 0.641 bits per heavy atom. The Morgan fingerprint density at radius 1 is 0.281 bits per heavy atom. The molecular formula is C61H41N3. The van der Waals surface area contributed by atoms with Crippen molar-refractivity contribution in [1.82, 2.24) is 9.13 Å². The molecule has 0 atom stereocenters. The minimum Gasteiger partial charge on any atom is -0.310 e. The van der Waals surface area contributed by atoms with Gasteiger partial charge in [-0.05, 0) is 118 Å². The third-order valence-corrected chi connectivity index (χ3v) is 13.6. The lowest BCUT2D eigenvalue weighted by atomic mass is 9.67. The van der Waals surface area contributed by atoms with Crippen LogP contribution in [0.1, 0.15) is 22.3 Å². The van der Waals surface area contributed by atoms with Gasteiger partial charge in [0.1, 0.15) is 0 Å². The van der Waals surface area contributed by atoms with Crippen LogP contribution in [-0.4, -0.2) is 9.13 Å². The summed E-state index contributed by atoms with van der Waals surface area (Å²) in [7, 11) is 0. The van der Waals surface area contributed by atoms with Crippen molar-refractivity contribution >= 4 is 60.7 Å². The molecule has 2 aromatic heterocycles. The van der Waals surface area contributed by atoms with E-state index in [1.807, 2.05) is 0 Å². The van der Waals surface area contributed by atoms with Crippen LogP contribution in [0.4, 0.5) is 17.1 Å². The summed E-state index contributed by atoms with van der Waals surface area (Å²) >= 11 is 0. The first-order chi connectivity index (χ1) is 31.8. The van der Waals surface area contributed by atoms with Gasteiger partial charge in [-0.25, -0.2) is 0 Å². The molecule has 12 aromatic rings. The number of aromatic nitrogens is 2. The fourth-order valence-electron chi connectivity index (χ4n) is 10.9. The molecule has 64 heavy (non-hydrogen) atoms. The monoisotopic (exact) mass is 815 g/mol. The van der Waals surface area contributed by atoms with Crippen LogP contribution in [0.15, 0.2) is 249 Å². The molecular weight excluding hydrogens is 775 g/mol. The van der Waals surface area contributed by atoms with E-state index in [9.17, 15) is 0 Å². The number of nitrogens with zero attached hydrogens (tertiary/aromatic N) is 3. The van der Waals surface area contributed by atoms with Crippen molar-refractivity contribution < 1.29 is 0 Å². The van der Waals surface area contributed by atoms with E-state index in [0.29, 0.717) is 0 Å². The topological polar surface area (TPSA) is 13.1 Å². The first-order valence-electron chi connectivity index (χ1n) is 22.1. The van der Waals surface area contributed by atoms with Gasteiger partial charge in [0, 0.05) is 50.0 Å². The van der Waals surface area contributed by atoms with Crippen molar-refractivity contribution in [3.05, 3.63) is 271 Å². The molecule has 3 nitrogen and oxygen atoms in total. The summed E-state index contributed by atoms with van der Waals surface area (Å²) < 4.78 is 4.78. The highest BCUT2D eigenvalue weighted by Crippen LogP contribution is 2.57. The summed E-state index contributed by atoms with van der Waals surface area (Å²) in [6.45, 7) is 0. The SMILES string of the molecule is c1ccc(C2(c3ccccc3)c3ccccc3-c3ccc(N(c4ccc(-n5c6ccccc6c6ccccc65)cc4)c4ccc(-n5c6ccccc6c6ccccc65)cc4)cc32)cc1. The molecule has 10 aromatic carbocycles. The molecule has 3 heteroatoms. The number of para-hydroxylation sites is 4. The molecule has 13 rings (SSSR count). The van der Waals surface area contributed by atoms with Crippen LogP contribution >= 0.6 is 0 Å². The van der Waals surface area contributed by atoms with E-state index in [-0.39, 0.29) is 0 Å². The van der Waals surface area contributed by atoms with Crippen LogP contribution in [0.2, 0.25) is 0 Å². The Labute approximate surface area is 372 Å². The lowest BCUT2D eigenvalue weighted by Crippen LogP contribution is -2.28. The third-order valence-electron chi connectivity index (χ3n) is 13.6. The molecule has 0 fully saturated rings. The van der Waals surface area contributed by atoms with Crippen molar-refractivity contribution in [2.75, 3.05) is 4.90 Å². The standard InChI is InChI=1S/C61H41N3/c1-3-17-42(18-4-1)61(43-19-5-2-6-20-43)55-26-12-7-21-49(55)50-40-39-48(41-56(50)61)62(44-31-35-46(36-32-44)63-57-27-13-8-22-51(57)52-23-9-14-28-58(52)63)45-33-37-47(38-34-45)64-59-29-15-10-24-53(59)54-25-11-16-30-60(54)64/h1-41H. The minimum atomic E-state index is -0.517. The highest BCUT2D eigenvalue weighted by atomic mass is 15.1. The fraction of sp³-hybridized carbons (Fsp3) is 0.0164. The van der Waals surface area contributed by atoms with Gasteiger partial charge in [-0.2, -0.15) is 0 Å². The summed E-state index contributed by atoms with van der Waals surface area (Å²) in [5.74, 6) is 0. The van der Waals surface area contributed by atoms with E-state index in [2.05, 4.69) is 263 Å². The summed E-state index contributed by atoms with van der Waals surface area (Å²) in [6, 6.07) is 91.3. The summed E-state index contributed by atoms with van der Waals surface area (Å²) in [5.41, 5.74) is 17.4. The van der Waals surface area contributed by atoms with E-state index in [0.717, 1.165) is 28.4 Å². The van der Waals surface area contributed by atoms with Gasteiger partial charge in [0.15, 0.2) is 0 Å². The maximum absolute atomic E-state index is 2.46. The number of benzene rings is 10. The predicted molar refractivity (Wildman–Crippen MR) is 267 cm³/mol. The largest absolute Gasteiger partial charge is 0.310 e. The Balaban J connectivity index is 1.02. The van der Waals surface area contributed by atoms with E-state index in [1.54, 1.807) is 0 Å². The first-order valence-corrected chi connectivity index (χ1v) is 22.1. The van der Waals surface area contributed by atoms with Crippen LogP contribution in [0.3, 0.4) is 0 Å². The second kappa shape index (κ2) is 14.3. The molecule has 0 aliphatic heterocycles. The molecule has 0 saturated heterocycles. The predicted octanol–water partition coefficient (Wildman–Crippen LogP) is 15.7. The number of hydrogen-bond donors (Lipinski definition) is 0. The normalized spacial score (nSPS) is 12.8. The molecule has 0 saturated carbocycles. The van der Waals surface area contributed by atoms with Crippen LogP contribution in [0.5, 0.6) is 0 Å².